The van der Waals surface area contributed by atoms with Crippen molar-refractivity contribution in [3.8, 4) is 11.5 Å². The third-order valence-corrected chi connectivity index (χ3v) is 3.33. The van der Waals surface area contributed by atoms with E-state index in [1.807, 2.05) is 0 Å². The number of carboxylic acid groups (broad SMARTS) is 1. The number of aromatic amines is 1. The number of imidazole rings is 1. The number of methoxy groups -OCH3 is 1. The summed E-state index contributed by atoms with van der Waals surface area (Å²) >= 11 is 0. The van der Waals surface area contributed by atoms with Gasteiger partial charge in [0, 0.05) is 18.3 Å². The molecule has 0 saturated carbocycles. The summed E-state index contributed by atoms with van der Waals surface area (Å²) in [6.07, 6.45) is 2.23. The molecule has 0 fully saturated rings. The zero-order valence-electron chi connectivity index (χ0n) is 13.4. The second kappa shape index (κ2) is 8.00. The van der Waals surface area contributed by atoms with Crippen molar-refractivity contribution in [2.24, 2.45) is 0 Å². The van der Waals surface area contributed by atoms with Crippen molar-refractivity contribution in [3.63, 3.8) is 0 Å². The van der Waals surface area contributed by atoms with E-state index in [1.165, 1.54) is 12.5 Å². The lowest BCUT2D eigenvalue weighted by Crippen LogP contribution is -2.47. The first-order chi connectivity index (χ1) is 11.5. The van der Waals surface area contributed by atoms with Gasteiger partial charge in [-0.2, -0.15) is 0 Å². The first kappa shape index (κ1) is 17.3. The van der Waals surface area contributed by atoms with Crippen LogP contribution in [0.4, 0.5) is 0 Å². The van der Waals surface area contributed by atoms with Crippen LogP contribution in [0.2, 0.25) is 0 Å². The molecular formula is C16H19N3O5. The van der Waals surface area contributed by atoms with E-state index in [2.05, 4.69) is 15.3 Å². The van der Waals surface area contributed by atoms with Gasteiger partial charge in [0.2, 0.25) is 0 Å². The molecule has 1 amide bonds. The summed E-state index contributed by atoms with van der Waals surface area (Å²) in [5.74, 6) is -0.490. The van der Waals surface area contributed by atoms with Crippen LogP contribution in [0, 0.1) is 0 Å². The highest BCUT2D eigenvalue weighted by atomic mass is 16.5. The van der Waals surface area contributed by atoms with Gasteiger partial charge in [-0.25, -0.2) is 9.78 Å². The summed E-state index contributed by atoms with van der Waals surface area (Å²) in [7, 11) is 1.55. The van der Waals surface area contributed by atoms with Gasteiger partial charge < -0.3 is 24.9 Å². The van der Waals surface area contributed by atoms with Crippen molar-refractivity contribution in [3.05, 3.63) is 42.5 Å². The summed E-state index contributed by atoms with van der Waals surface area (Å²) in [6, 6.07) is 5.68. The molecule has 1 unspecified atom stereocenters. The summed E-state index contributed by atoms with van der Waals surface area (Å²) in [5.41, 5.74) is 0.617. The Morgan fingerprint density at radius 2 is 1.96 bits per heavy atom. The topological polar surface area (TPSA) is 114 Å². The molecule has 1 heterocycles. The van der Waals surface area contributed by atoms with Crippen molar-refractivity contribution in [1.29, 1.82) is 0 Å². The molecule has 0 aliphatic rings. The molecule has 0 aliphatic heterocycles. The Kier molecular flexibility index (Phi) is 5.78. The van der Waals surface area contributed by atoms with Gasteiger partial charge >= 0.3 is 5.97 Å². The predicted octanol–water partition coefficient (Wildman–Crippen LogP) is 0.998. The fraction of sp³-hybridized carbons (Fsp3) is 0.312. The maximum absolute atomic E-state index is 12.2. The van der Waals surface area contributed by atoms with Crippen LogP contribution in [0.15, 0.2) is 36.8 Å². The van der Waals surface area contributed by atoms with Gasteiger partial charge in [-0.3, -0.25) is 4.79 Å². The molecule has 1 aromatic carbocycles. The number of carbonyl (C=O) groups is 2. The first-order valence-corrected chi connectivity index (χ1v) is 7.30. The summed E-state index contributed by atoms with van der Waals surface area (Å²) in [6.45, 7) is 1.55. The summed E-state index contributed by atoms with van der Waals surface area (Å²) < 4.78 is 10.6. The van der Waals surface area contributed by atoms with Crippen molar-refractivity contribution in [2.75, 3.05) is 7.11 Å². The lowest BCUT2D eigenvalue weighted by atomic mass is 10.1. The smallest absolute Gasteiger partial charge is 0.326 e. The Bertz CT molecular complexity index is 670. The van der Waals surface area contributed by atoms with Gasteiger partial charge in [0.1, 0.15) is 17.5 Å². The zero-order chi connectivity index (χ0) is 17.5. The van der Waals surface area contributed by atoms with Gasteiger partial charge in [0.15, 0.2) is 6.10 Å². The van der Waals surface area contributed by atoms with E-state index in [9.17, 15) is 14.7 Å². The highest BCUT2D eigenvalue weighted by Gasteiger charge is 2.24. The molecule has 3 N–H and O–H groups in total. The number of nitrogens with one attached hydrogen (secondary N) is 2. The third-order valence-electron chi connectivity index (χ3n) is 3.33. The predicted molar refractivity (Wildman–Crippen MR) is 84.9 cm³/mol. The minimum Gasteiger partial charge on any atom is -0.497 e. The van der Waals surface area contributed by atoms with Crippen LogP contribution in [0.1, 0.15) is 12.6 Å². The molecule has 8 heteroatoms. The zero-order valence-corrected chi connectivity index (χ0v) is 13.4. The van der Waals surface area contributed by atoms with E-state index in [4.69, 9.17) is 9.47 Å². The van der Waals surface area contributed by atoms with Gasteiger partial charge in [0.25, 0.3) is 5.91 Å². The SMILES string of the molecule is COc1ccc(OC(C)C(=O)N[C@@H](Cc2cnc[nH]2)C(=O)O)cc1. The monoisotopic (exact) mass is 333 g/mol. The van der Waals surface area contributed by atoms with E-state index in [1.54, 1.807) is 38.3 Å². The second-order valence-electron chi connectivity index (χ2n) is 5.12. The number of aromatic nitrogens is 2. The standard InChI is InChI=1S/C16H19N3O5/c1-10(24-13-5-3-12(23-2)4-6-13)15(20)19-14(16(21)22)7-11-8-17-9-18-11/h3-6,8-10,14H,7H2,1-2H3,(H,17,18)(H,19,20)(H,21,22)/t10?,14-/m0/s1. The van der Waals surface area contributed by atoms with Gasteiger partial charge in [0.05, 0.1) is 13.4 Å². The number of H-pyrrole nitrogens is 1. The Morgan fingerprint density at radius 3 is 2.50 bits per heavy atom. The Hall–Kier alpha value is -3.03. The third kappa shape index (κ3) is 4.73. The molecule has 0 spiro atoms. The van der Waals surface area contributed by atoms with Gasteiger partial charge in [-0.1, -0.05) is 0 Å². The average molecular weight is 333 g/mol. The van der Waals surface area contributed by atoms with E-state index in [-0.39, 0.29) is 6.42 Å². The van der Waals surface area contributed by atoms with Crippen LogP contribution in [0.5, 0.6) is 11.5 Å². The average Bonchev–Trinajstić information content (AvgIpc) is 3.07. The molecular weight excluding hydrogens is 314 g/mol. The van der Waals surface area contributed by atoms with Crippen LogP contribution in [-0.2, 0) is 16.0 Å². The van der Waals surface area contributed by atoms with Crippen molar-refractivity contribution >= 4 is 11.9 Å². The molecule has 0 aliphatic carbocycles. The number of carboxylic acids is 1. The quantitative estimate of drug-likeness (QED) is 0.664. The van der Waals surface area contributed by atoms with Gasteiger partial charge in [-0.05, 0) is 31.2 Å². The number of hydrogen-bond acceptors (Lipinski definition) is 5. The Morgan fingerprint density at radius 1 is 1.29 bits per heavy atom. The molecule has 0 radical (unpaired) electrons. The van der Waals surface area contributed by atoms with Crippen LogP contribution in [-0.4, -0.2) is 46.2 Å². The number of aliphatic carboxylic acids is 1. The molecule has 0 saturated heterocycles. The van der Waals surface area contributed by atoms with Crippen LogP contribution in [0.3, 0.4) is 0 Å². The molecule has 2 aromatic rings. The molecule has 2 atom stereocenters. The highest BCUT2D eigenvalue weighted by Crippen LogP contribution is 2.18. The molecule has 8 nitrogen and oxygen atoms in total. The highest BCUT2D eigenvalue weighted by molar-refractivity contribution is 5.86. The fourth-order valence-electron chi connectivity index (χ4n) is 2.02. The number of rotatable bonds is 8. The number of amides is 1. The van der Waals surface area contributed by atoms with Crippen LogP contribution in [0.25, 0.3) is 0 Å². The van der Waals surface area contributed by atoms with Crippen molar-refractivity contribution in [1.82, 2.24) is 15.3 Å². The second-order valence-corrected chi connectivity index (χ2v) is 5.12. The number of nitrogens with zero attached hydrogens (tertiary/aromatic N) is 1. The molecule has 24 heavy (non-hydrogen) atoms. The van der Waals surface area contributed by atoms with Gasteiger partial charge in [-0.15, -0.1) is 0 Å². The lowest BCUT2D eigenvalue weighted by Gasteiger charge is -2.18. The number of carbonyl (C=O) groups excluding carboxylic acids is 1. The minimum absolute atomic E-state index is 0.107. The fourth-order valence-corrected chi connectivity index (χ4v) is 2.02. The maximum atomic E-state index is 12.2. The first-order valence-electron chi connectivity index (χ1n) is 7.30. The van der Waals surface area contributed by atoms with E-state index in [0.29, 0.717) is 17.2 Å². The molecule has 2 rings (SSSR count). The molecule has 0 bridgehead atoms. The summed E-state index contributed by atoms with van der Waals surface area (Å²) in [4.78, 5) is 30.1. The maximum Gasteiger partial charge on any atom is 0.326 e. The lowest BCUT2D eigenvalue weighted by molar-refractivity contribution is -0.142. The summed E-state index contributed by atoms with van der Waals surface area (Å²) in [5, 5.41) is 11.7. The largest absolute Gasteiger partial charge is 0.497 e. The Labute approximate surface area is 138 Å². The molecule has 128 valence electrons. The van der Waals surface area contributed by atoms with Crippen molar-refractivity contribution in [2.45, 2.75) is 25.5 Å². The Balaban J connectivity index is 1.93. The number of ether oxygens (including phenoxy) is 2. The van der Waals surface area contributed by atoms with Crippen LogP contribution < -0.4 is 14.8 Å². The van der Waals surface area contributed by atoms with E-state index in [0.717, 1.165) is 0 Å². The van der Waals surface area contributed by atoms with Crippen LogP contribution >= 0.6 is 0 Å². The number of hydrogen-bond donors (Lipinski definition) is 3. The number of benzene rings is 1. The minimum atomic E-state index is -1.13. The van der Waals surface area contributed by atoms with E-state index >= 15 is 0 Å². The van der Waals surface area contributed by atoms with E-state index < -0.39 is 24.0 Å². The molecule has 1 aromatic heterocycles. The van der Waals surface area contributed by atoms with Crippen molar-refractivity contribution < 1.29 is 24.2 Å². The normalized spacial score (nSPS) is 12.9.